The Morgan fingerprint density at radius 1 is 1.00 bits per heavy atom. The SMILES string of the molecule is Cc1ccc(C(C)n2nnc3ccccc32)cc1. The molecule has 0 saturated heterocycles. The molecular weight excluding hydrogens is 222 g/mol. The molecule has 0 spiro atoms. The number of aryl methyl sites for hydroxylation is 1. The van der Waals surface area contributed by atoms with Crippen LogP contribution in [0.1, 0.15) is 24.1 Å². The molecular formula is C15H15N3. The lowest BCUT2D eigenvalue weighted by Crippen LogP contribution is -2.08. The van der Waals surface area contributed by atoms with Crippen LogP contribution < -0.4 is 0 Å². The number of para-hydroxylation sites is 1. The molecule has 0 amide bonds. The van der Waals surface area contributed by atoms with Gasteiger partial charge in [-0.3, -0.25) is 0 Å². The van der Waals surface area contributed by atoms with E-state index in [2.05, 4.69) is 54.5 Å². The van der Waals surface area contributed by atoms with Crippen LogP contribution in [0.2, 0.25) is 0 Å². The Balaban J connectivity index is 2.06. The Hall–Kier alpha value is -2.16. The molecule has 2 aromatic carbocycles. The Morgan fingerprint density at radius 3 is 2.50 bits per heavy atom. The maximum atomic E-state index is 4.26. The molecule has 1 atom stereocenters. The minimum absolute atomic E-state index is 0.193. The van der Waals surface area contributed by atoms with Crippen LogP contribution in [0.15, 0.2) is 48.5 Å². The summed E-state index contributed by atoms with van der Waals surface area (Å²) in [4.78, 5) is 0. The van der Waals surface area contributed by atoms with Gasteiger partial charge in [0.1, 0.15) is 5.52 Å². The summed E-state index contributed by atoms with van der Waals surface area (Å²) in [5.41, 5.74) is 4.53. The zero-order valence-corrected chi connectivity index (χ0v) is 10.5. The molecule has 3 rings (SSSR count). The van der Waals surface area contributed by atoms with Crippen molar-refractivity contribution in [3.63, 3.8) is 0 Å². The van der Waals surface area contributed by atoms with Crippen LogP contribution in [0.5, 0.6) is 0 Å². The minimum atomic E-state index is 0.193. The van der Waals surface area contributed by atoms with Gasteiger partial charge in [-0.05, 0) is 31.5 Å². The molecule has 18 heavy (non-hydrogen) atoms. The highest BCUT2D eigenvalue weighted by atomic mass is 15.4. The average Bonchev–Trinajstić information content (AvgIpc) is 2.82. The molecule has 0 aliphatic rings. The molecule has 1 aromatic heterocycles. The van der Waals surface area contributed by atoms with E-state index < -0.39 is 0 Å². The highest BCUT2D eigenvalue weighted by Gasteiger charge is 2.12. The molecule has 1 heterocycles. The fourth-order valence-corrected chi connectivity index (χ4v) is 2.16. The molecule has 0 aliphatic heterocycles. The van der Waals surface area contributed by atoms with Crippen molar-refractivity contribution >= 4 is 11.0 Å². The van der Waals surface area contributed by atoms with E-state index in [1.807, 2.05) is 22.9 Å². The number of hydrogen-bond donors (Lipinski definition) is 0. The smallest absolute Gasteiger partial charge is 0.113 e. The lowest BCUT2D eigenvalue weighted by atomic mass is 10.1. The van der Waals surface area contributed by atoms with Gasteiger partial charge >= 0.3 is 0 Å². The van der Waals surface area contributed by atoms with Gasteiger partial charge in [-0.2, -0.15) is 0 Å². The van der Waals surface area contributed by atoms with Gasteiger partial charge in [-0.1, -0.05) is 47.2 Å². The molecule has 3 aromatic rings. The largest absolute Gasteiger partial charge is 0.237 e. The van der Waals surface area contributed by atoms with Crippen molar-refractivity contribution < 1.29 is 0 Å². The number of hydrogen-bond acceptors (Lipinski definition) is 2. The summed E-state index contributed by atoms with van der Waals surface area (Å²) in [5.74, 6) is 0. The molecule has 3 heteroatoms. The quantitative estimate of drug-likeness (QED) is 0.684. The van der Waals surface area contributed by atoms with Crippen LogP contribution in [0.4, 0.5) is 0 Å². The van der Waals surface area contributed by atoms with Crippen LogP contribution in [-0.4, -0.2) is 15.0 Å². The van der Waals surface area contributed by atoms with Crippen molar-refractivity contribution in [3.05, 3.63) is 59.7 Å². The number of rotatable bonds is 2. The second-order valence-corrected chi connectivity index (χ2v) is 4.61. The molecule has 0 saturated carbocycles. The first-order chi connectivity index (χ1) is 8.75. The van der Waals surface area contributed by atoms with Crippen LogP contribution in [0.25, 0.3) is 11.0 Å². The fraction of sp³-hybridized carbons (Fsp3) is 0.200. The second-order valence-electron chi connectivity index (χ2n) is 4.61. The highest BCUT2D eigenvalue weighted by molar-refractivity contribution is 5.74. The van der Waals surface area contributed by atoms with Crippen molar-refractivity contribution in [2.24, 2.45) is 0 Å². The molecule has 3 nitrogen and oxygen atoms in total. The van der Waals surface area contributed by atoms with Crippen molar-refractivity contribution in [1.82, 2.24) is 15.0 Å². The number of nitrogens with zero attached hydrogens (tertiary/aromatic N) is 3. The maximum Gasteiger partial charge on any atom is 0.113 e. The topological polar surface area (TPSA) is 30.7 Å². The number of benzene rings is 2. The number of aromatic nitrogens is 3. The maximum absolute atomic E-state index is 4.26. The van der Waals surface area contributed by atoms with E-state index in [0.29, 0.717) is 0 Å². The van der Waals surface area contributed by atoms with Gasteiger partial charge < -0.3 is 0 Å². The van der Waals surface area contributed by atoms with E-state index in [1.54, 1.807) is 0 Å². The summed E-state index contributed by atoms with van der Waals surface area (Å²) in [6, 6.07) is 16.8. The van der Waals surface area contributed by atoms with E-state index in [1.165, 1.54) is 11.1 Å². The van der Waals surface area contributed by atoms with Gasteiger partial charge in [0.15, 0.2) is 0 Å². The van der Waals surface area contributed by atoms with Crippen LogP contribution in [0, 0.1) is 6.92 Å². The standard InChI is InChI=1S/C15H15N3/c1-11-7-9-13(10-8-11)12(2)18-15-6-4-3-5-14(15)16-17-18/h3-10,12H,1-2H3. The third-order valence-corrected chi connectivity index (χ3v) is 3.30. The summed E-state index contributed by atoms with van der Waals surface area (Å²) in [7, 11) is 0. The monoisotopic (exact) mass is 237 g/mol. The minimum Gasteiger partial charge on any atom is -0.237 e. The summed E-state index contributed by atoms with van der Waals surface area (Å²) in [5, 5.41) is 8.46. The average molecular weight is 237 g/mol. The van der Waals surface area contributed by atoms with E-state index >= 15 is 0 Å². The van der Waals surface area contributed by atoms with Gasteiger partial charge in [-0.15, -0.1) is 5.10 Å². The van der Waals surface area contributed by atoms with Gasteiger partial charge in [0.25, 0.3) is 0 Å². The Kier molecular flexibility index (Phi) is 2.59. The zero-order valence-electron chi connectivity index (χ0n) is 10.5. The van der Waals surface area contributed by atoms with Gasteiger partial charge in [-0.25, -0.2) is 4.68 Å². The molecule has 0 bridgehead atoms. The van der Waals surface area contributed by atoms with Crippen molar-refractivity contribution in [3.8, 4) is 0 Å². The summed E-state index contributed by atoms with van der Waals surface area (Å²) < 4.78 is 1.97. The Morgan fingerprint density at radius 2 is 1.72 bits per heavy atom. The first-order valence-electron chi connectivity index (χ1n) is 6.12. The predicted molar refractivity (Wildman–Crippen MR) is 72.5 cm³/mol. The van der Waals surface area contributed by atoms with E-state index in [9.17, 15) is 0 Å². The molecule has 0 radical (unpaired) electrons. The van der Waals surface area contributed by atoms with Crippen molar-refractivity contribution in [2.75, 3.05) is 0 Å². The normalized spacial score (nSPS) is 12.8. The van der Waals surface area contributed by atoms with Gasteiger partial charge in [0, 0.05) is 0 Å². The molecule has 1 unspecified atom stereocenters. The number of fused-ring (bicyclic) bond motifs is 1. The fourth-order valence-electron chi connectivity index (χ4n) is 2.16. The highest BCUT2D eigenvalue weighted by Crippen LogP contribution is 2.21. The molecule has 0 fully saturated rings. The second kappa shape index (κ2) is 4.26. The summed E-state index contributed by atoms with van der Waals surface area (Å²) in [6.45, 7) is 4.24. The van der Waals surface area contributed by atoms with Crippen LogP contribution >= 0.6 is 0 Å². The van der Waals surface area contributed by atoms with Crippen LogP contribution in [-0.2, 0) is 0 Å². The lowest BCUT2D eigenvalue weighted by molar-refractivity contribution is 0.560. The molecule has 90 valence electrons. The zero-order chi connectivity index (χ0) is 12.5. The van der Waals surface area contributed by atoms with Crippen molar-refractivity contribution in [2.45, 2.75) is 19.9 Å². The van der Waals surface area contributed by atoms with Crippen LogP contribution in [0.3, 0.4) is 0 Å². The first-order valence-corrected chi connectivity index (χ1v) is 6.12. The lowest BCUT2D eigenvalue weighted by Gasteiger charge is -2.13. The van der Waals surface area contributed by atoms with Gasteiger partial charge in [0.2, 0.25) is 0 Å². The molecule has 0 aliphatic carbocycles. The molecule has 0 N–H and O–H groups in total. The predicted octanol–water partition coefficient (Wildman–Crippen LogP) is 3.35. The third kappa shape index (κ3) is 1.78. The van der Waals surface area contributed by atoms with Gasteiger partial charge in [0.05, 0.1) is 11.6 Å². The van der Waals surface area contributed by atoms with E-state index in [4.69, 9.17) is 0 Å². The Labute approximate surface area is 106 Å². The summed E-state index contributed by atoms with van der Waals surface area (Å²) >= 11 is 0. The van der Waals surface area contributed by atoms with Crippen molar-refractivity contribution in [1.29, 1.82) is 0 Å². The third-order valence-electron chi connectivity index (χ3n) is 3.30. The van der Waals surface area contributed by atoms with E-state index in [0.717, 1.165) is 11.0 Å². The summed E-state index contributed by atoms with van der Waals surface area (Å²) in [6.07, 6.45) is 0. The first kappa shape index (κ1) is 11.0. The van der Waals surface area contributed by atoms with E-state index in [-0.39, 0.29) is 6.04 Å². The Bertz CT molecular complexity index is 668.